The minimum Gasteiger partial charge on any atom is -0.493 e. The van der Waals surface area contributed by atoms with E-state index >= 15 is 0 Å². The molecule has 0 heterocycles. The molecular formula is C17H20N2O4. The molecule has 1 atom stereocenters. The second kappa shape index (κ2) is 8.08. The Hall–Kier alpha value is -2.68. The summed E-state index contributed by atoms with van der Waals surface area (Å²) in [6.07, 6.45) is 8.60. The molecule has 6 heteroatoms. The van der Waals surface area contributed by atoms with Crippen LogP contribution in [0.1, 0.15) is 36.0 Å². The number of carbonyl (C=O) groups is 1. The first-order chi connectivity index (χ1) is 11.2. The number of hydrogen-bond donors (Lipinski definition) is 2. The van der Waals surface area contributed by atoms with Gasteiger partial charge in [-0.1, -0.05) is 17.5 Å². The van der Waals surface area contributed by atoms with Crippen LogP contribution in [0.4, 0.5) is 0 Å². The van der Waals surface area contributed by atoms with E-state index in [9.17, 15) is 4.79 Å². The predicted octanol–water partition coefficient (Wildman–Crippen LogP) is 2.21. The van der Waals surface area contributed by atoms with Crippen LogP contribution in [0.3, 0.4) is 0 Å². The van der Waals surface area contributed by atoms with E-state index in [-0.39, 0.29) is 18.6 Å². The van der Waals surface area contributed by atoms with E-state index < -0.39 is 0 Å². The van der Waals surface area contributed by atoms with Crippen molar-refractivity contribution in [3.8, 4) is 23.8 Å². The average Bonchev–Trinajstić information content (AvgIpc) is 2.60. The van der Waals surface area contributed by atoms with Gasteiger partial charge in [0.2, 0.25) is 0 Å². The van der Waals surface area contributed by atoms with Crippen LogP contribution in [0.25, 0.3) is 0 Å². The van der Waals surface area contributed by atoms with Crippen LogP contribution in [-0.4, -0.2) is 36.6 Å². The van der Waals surface area contributed by atoms with Crippen LogP contribution < -0.4 is 14.8 Å². The molecule has 1 unspecified atom stereocenters. The molecule has 0 bridgehead atoms. The van der Waals surface area contributed by atoms with Gasteiger partial charge in [-0.3, -0.25) is 4.79 Å². The van der Waals surface area contributed by atoms with Gasteiger partial charge in [0.05, 0.1) is 18.9 Å². The smallest absolute Gasteiger partial charge is 0.251 e. The largest absolute Gasteiger partial charge is 0.493 e. The first-order valence-electron chi connectivity index (χ1n) is 7.45. The number of hydrogen-bond acceptors (Lipinski definition) is 5. The van der Waals surface area contributed by atoms with Crippen molar-refractivity contribution in [3.05, 3.63) is 23.8 Å². The first-order valence-corrected chi connectivity index (χ1v) is 7.45. The second-order valence-corrected chi connectivity index (χ2v) is 5.22. The zero-order valence-electron chi connectivity index (χ0n) is 13.0. The van der Waals surface area contributed by atoms with E-state index in [2.05, 4.69) is 16.4 Å². The summed E-state index contributed by atoms with van der Waals surface area (Å²) in [5.74, 6) is 3.05. The molecule has 1 aromatic rings. The van der Waals surface area contributed by atoms with Gasteiger partial charge in [-0.05, 0) is 37.5 Å². The minimum absolute atomic E-state index is 0.125. The molecular weight excluding hydrogens is 296 g/mol. The molecule has 2 N–H and O–H groups in total. The van der Waals surface area contributed by atoms with Gasteiger partial charge in [0.25, 0.3) is 5.91 Å². The highest BCUT2D eigenvalue weighted by Gasteiger charge is 2.23. The molecule has 0 spiro atoms. The van der Waals surface area contributed by atoms with Crippen LogP contribution in [-0.2, 0) is 0 Å². The summed E-state index contributed by atoms with van der Waals surface area (Å²) >= 11 is 0. The molecule has 1 saturated carbocycles. The van der Waals surface area contributed by atoms with Crippen LogP contribution in [0.2, 0.25) is 0 Å². The number of nitrogens with zero attached hydrogens (tertiary/aromatic N) is 1. The number of rotatable bonds is 5. The lowest BCUT2D eigenvalue weighted by Gasteiger charge is -2.24. The third-order valence-electron chi connectivity index (χ3n) is 3.75. The molecule has 23 heavy (non-hydrogen) atoms. The number of amides is 1. The Balaban J connectivity index is 2.11. The fourth-order valence-electron chi connectivity index (χ4n) is 2.56. The van der Waals surface area contributed by atoms with Gasteiger partial charge >= 0.3 is 0 Å². The van der Waals surface area contributed by atoms with Crippen molar-refractivity contribution in [2.75, 3.05) is 13.7 Å². The maximum atomic E-state index is 12.4. The monoisotopic (exact) mass is 316 g/mol. The quantitative estimate of drug-likeness (QED) is 0.496. The summed E-state index contributed by atoms with van der Waals surface area (Å²) in [5, 5.41) is 15.2. The molecule has 1 amide bonds. The normalized spacial score (nSPS) is 19.0. The molecule has 1 aromatic carbocycles. The molecule has 1 aliphatic rings. The summed E-state index contributed by atoms with van der Waals surface area (Å²) in [6.45, 7) is 0.125. The number of terminal acetylenes is 1. The molecule has 0 saturated heterocycles. The molecule has 0 aromatic heterocycles. The van der Waals surface area contributed by atoms with Crippen molar-refractivity contribution in [2.45, 2.75) is 31.7 Å². The third-order valence-corrected chi connectivity index (χ3v) is 3.75. The van der Waals surface area contributed by atoms with E-state index in [1.165, 1.54) is 7.11 Å². The molecule has 6 nitrogen and oxygen atoms in total. The third kappa shape index (κ3) is 4.16. The van der Waals surface area contributed by atoms with Crippen molar-refractivity contribution in [1.29, 1.82) is 0 Å². The lowest BCUT2D eigenvalue weighted by atomic mass is 9.93. The second-order valence-electron chi connectivity index (χ2n) is 5.22. The van der Waals surface area contributed by atoms with Gasteiger partial charge in [-0.25, -0.2) is 0 Å². The summed E-state index contributed by atoms with van der Waals surface area (Å²) in [5.41, 5.74) is 1.06. The number of benzene rings is 1. The van der Waals surface area contributed by atoms with Crippen molar-refractivity contribution in [3.63, 3.8) is 0 Å². The van der Waals surface area contributed by atoms with Gasteiger partial charge < -0.3 is 20.0 Å². The fraction of sp³-hybridized carbons (Fsp3) is 0.412. The molecule has 1 aliphatic carbocycles. The fourth-order valence-corrected chi connectivity index (χ4v) is 2.56. The van der Waals surface area contributed by atoms with E-state index in [0.717, 1.165) is 19.3 Å². The maximum Gasteiger partial charge on any atom is 0.251 e. The molecule has 122 valence electrons. The van der Waals surface area contributed by atoms with Crippen molar-refractivity contribution in [2.24, 2.45) is 5.16 Å². The average molecular weight is 316 g/mol. The maximum absolute atomic E-state index is 12.4. The van der Waals surface area contributed by atoms with Gasteiger partial charge in [0.1, 0.15) is 6.61 Å². The summed E-state index contributed by atoms with van der Waals surface area (Å²) in [7, 11) is 1.50. The zero-order valence-corrected chi connectivity index (χ0v) is 13.0. The van der Waals surface area contributed by atoms with Crippen LogP contribution >= 0.6 is 0 Å². The lowest BCUT2D eigenvalue weighted by molar-refractivity contribution is 0.0943. The number of ether oxygens (including phenoxy) is 2. The Morgan fingerprint density at radius 3 is 3.00 bits per heavy atom. The summed E-state index contributed by atoms with van der Waals surface area (Å²) < 4.78 is 10.6. The van der Waals surface area contributed by atoms with Gasteiger partial charge in [0, 0.05) is 5.56 Å². The van der Waals surface area contributed by atoms with Crippen LogP contribution in [0.15, 0.2) is 23.4 Å². The standard InChI is InChI=1S/C17H20N2O4/c1-3-10-23-15-9-8-12(11-16(15)22-2)17(20)18-13-6-4-5-7-14(13)19-21/h1,8-9,11,13,21H,4-7,10H2,2H3,(H,18,20)/b19-14-. The topological polar surface area (TPSA) is 80.2 Å². The van der Waals surface area contributed by atoms with Gasteiger partial charge in [0.15, 0.2) is 11.5 Å². The Kier molecular flexibility index (Phi) is 5.87. The number of oxime groups is 1. The van der Waals surface area contributed by atoms with Crippen LogP contribution in [0.5, 0.6) is 11.5 Å². The van der Waals surface area contributed by atoms with E-state index in [1.807, 2.05) is 0 Å². The van der Waals surface area contributed by atoms with E-state index in [1.54, 1.807) is 18.2 Å². The van der Waals surface area contributed by atoms with E-state index in [0.29, 0.717) is 29.2 Å². The minimum atomic E-state index is -0.250. The van der Waals surface area contributed by atoms with Crippen LogP contribution in [0, 0.1) is 12.3 Å². The Labute approximate surface area is 135 Å². The van der Waals surface area contributed by atoms with Crippen molar-refractivity contribution < 1.29 is 19.5 Å². The Morgan fingerprint density at radius 1 is 1.48 bits per heavy atom. The highest BCUT2D eigenvalue weighted by atomic mass is 16.5. The van der Waals surface area contributed by atoms with Crippen molar-refractivity contribution >= 4 is 11.6 Å². The predicted molar refractivity (Wildman–Crippen MR) is 86.3 cm³/mol. The first kappa shape index (κ1) is 16.7. The van der Waals surface area contributed by atoms with Crippen molar-refractivity contribution in [1.82, 2.24) is 5.32 Å². The Bertz CT molecular complexity index is 634. The lowest BCUT2D eigenvalue weighted by Crippen LogP contribution is -2.42. The molecule has 2 rings (SSSR count). The summed E-state index contributed by atoms with van der Waals surface area (Å²) in [4.78, 5) is 12.4. The highest BCUT2D eigenvalue weighted by molar-refractivity contribution is 5.99. The van der Waals surface area contributed by atoms with Gasteiger partial charge in [-0.15, -0.1) is 6.42 Å². The molecule has 0 radical (unpaired) electrons. The zero-order chi connectivity index (χ0) is 16.7. The Morgan fingerprint density at radius 2 is 2.30 bits per heavy atom. The van der Waals surface area contributed by atoms with Gasteiger partial charge in [-0.2, -0.15) is 0 Å². The highest BCUT2D eigenvalue weighted by Crippen LogP contribution is 2.28. The molecule has 0 aliphatic heterocycles. The van der Waals surface area contributed by atoms with E-state index in [4.69, 9.17) is 21.1 Å². The number of carbonyl (C=O) groups excluding carboxylic acids is 1. The summed E-state index contributed by atoms with van der Waals surface area (Å²) in [6, 6.07) is 4.65. The number of nitrogens with one attached hydrogen (secondary N) is 1. The SMILES string of the molecule is C#CCOc1ccc(C(=O)NC2CCCC/C2=N/O)cc1OC. The number of methoxy groups -OCH3 is 1. The molecule has 1 fully saturated rings.